The summed E-state index contributed by atoms with van der Waals surface area (Å²) in [4.78, 5) is 24.8. The first-order valence-corrected chi connectivity index (χ1v) is 10.4. The molecule has 2 aliphatic rings. The van der Waals surface area contributed by atoms with E-state index < -0.39 is 22.9 Å². The molecule has 1 aliphatic carbocycles. The topological polar surface area (TPSA) is 92.2 Å². The molecular formula is C23H30N4O3. The molecule has 3 rings (SSSR count). The molecule has 7 nitrogen and oxygen atoms in total. The minimum absolute atomic E-state index is 0.0117. The van der Waals surface area contributed by atoms with Gasteiger partial charge in [0.25, 0.3) is 0 Å². The molecule has 30 heavy (non-hydrogen) atoms. The van der Waals surface area contributed by atoms with Gasteiger partial charge in [-0.2, -0.15) is 10.2 Å². The highest BCUT2D eigenvalue weighted by molar-refractivity contribution is 5.77. The Kier molecular flexibility index (Phi) is 6.16. The molecule has 1 fully saturated rings. The van der Waals surface area contributed by atoms with E-state index >= 15 is 0 Å². The number of hydrogen-bond acceptors (Lipinski definition) is 5. The molecule has 0 unspecified atom stereocenters. The van der Waals surface area contributed by atoms with Crippen LogP contribution < -0.4 is 10.6 Å². The van der Waals surface area contributed by atoms with Crippen molar-refractivity contribution in [1.29, 1.82) is 0 Å². The zero-order chi connectivity index (χ0) is 21.8. The summed E-state index contributed by atoms with van der Waals surface area (Å²) in [6.07, 6.45) is 8.29. The Bertz CT molecular complexity index is 839. The average molecular weight is 411 g/mol. The molecule has 2 amide bonds. The summed E-state index contributed by atoms with van der Waals surface area (Å²) in [6, 6.07) is 9.78. The summed E-state index contributed by atoms with van der Waals surface area (Å²) >= 11 is 0. The summed E-state index contributed by atoms with van der Waals surface area (Å²) in [7, 11) is 0. The van der Waals surface area contributed by atoms with E-state index in [1.54, 1.807) is 0 Å². The van der Waals surface area contributed by atoms with Crippen LogP contribution in [0.3, 0.4) is 0 Å². The van der Waals surface area contributed by atoms with Gasteiger partial charge in [-0.05, 0) is 39.2 Å². The van der Waals surface area contributed by atoms with Crippen LogP contribution in [-0.4, -0.2) is 29.3 Å². The van der Waals surface area contributed by atoms with Crippen molar-refractivity contribution in [2.45, 2.75) is 82.1 Å². The molecule has 1 saturated carbocycles. The Morgan fingerprint density at radius 1 is 1.20 bits per heavy atom. The SMILES string of the molecule is C#CCCC1(CCC(=O)NC2CC(NC(=O)OC(C)(C)C)(c3ccccc3)C2)N=N1. The molecular weight excluding hydrogens is 380 g/mol. The highest BCUT2D eigenvalue weighted by atomic mass is 16.6. The molecule has 160 valence electrons. The predicted octanol–water partition coefficient (Wildman–Crippen LogP) is 4.04. The average Bonchev–Trinajstić information content (AvgIpc) is 3.42. The predicted molar refractivity (Wildman–Crippen MR) is 114 cm³/mol. The van der Waals surface area contributed by atoms with Gasteiger partial charge >= 0.3 is 6.09 Å². The summed E-state index contributed by atoms with van der Waals surface area (Å²) in [5.41, 5.74) is -0.565. The van der Waals surface area contributed by atoms with Crippen LogP contribution in [0, 0.1) is 12.3 Å². The fourth-order valence-corrected chi connectivity index (χ4v) is 3.83. The zero-order valence-corrected chi connectivity index (χ0v) is 17.9. The zero-order valence-electron chi connectivity index (χ0n) is 17.9. The van der Waals surface area contributed by atoms with Crippen LogP contribution in [0.5, 0.6) is 0 Å². The third-order valence-corrected chi connectivity index (χ3v) is 5.43. The Balaban J connectivity index is 1.54. The lowest BCUT2D eigenvalue weighted by molar-refractivity contribution is -0.123. The molecule has 1 aliphatic heterocycles. The van der Waals surface area contributed by atoms with Gasteiger partial charge in [0.05, 0.1) is 5.54 Å². The van der Waals surface area contributed by atoms with Crippen molar-refractivity contribution in [1.82, 2.24) is 10.6 Å². The first-order valence-electron chi connectivity index (χ1n) is 10.4. The van der Waals surface area contributed by atoms with Gasteiger partial charge in [-0.3, -0.25) is 4.79 Å². The largest absolute Gasteiger partial charge is 0.444 e. The van der Waals surface area contributed by atoms with Gasteiger partial charge in [-0.1, -0.05) is 30.3 Å². The maximum atomic E-state index is 12.4. The lowest BCUT2D eigenvalue weighted by Gasteiger charge is -2.48. The van der Waals surface area contributed by atoms with Crippen molar-refractivity contribution in [3.8, 4) is 12.3 Å². The van der Waals surface area contributed by atoms with Gasteiger partial charge in [-0.15, -0.1) is 12.3 Å². The van der Waals surface area contributed by atoms with Gasteiger partial charge in [0.15, 0.2) is 5.66 Å². The summed E-state index contributed by atoms with van der Waals surface area (Å²) < 4.78 is 5.45. The molecule has 2 N–H and O–H groups in total. The second-order valence-electron chi connectivity index (χ2n) is 9.13. The molecule has 0 atom stereocenters. The number of nitrogens with one attached hydrogen (secondary N) is 2. The maximum Gasteiger partial charge on any atom is 0.408 e. The summed E-state index contributed by atoms with van der Waals surface area (Å²) in [5, 5.41) is 14.2. The maximum absolute atomic E-state index is 12.4. The quantitative estimate of drug-likeness (QED) is 0.634. The minimum atomic E-state index is -0.576. The molecule has 0 aromatic heterocycles. The molecule has 0 bridgehead atoms. The Hall–Kier alpha value is -2.88. The second-order valence-corrected chi connectivity index (χ2v) is 9.13. The van der Waals surface area contributed by atoms with E-state index in [1.165, 1.54) is 0 Å². The van der Waals surface area contributed by atoms with Crippen LogP contribution in [0.4, 0.5) is 4.79 Å². The second kappa shape index (κ2) is 8.47. The number of terminal acetylenes is 1. The lowest BCUT2D eigenvalue weighted by Crippen LogP contribution is -2.61. The van der Waals surface area contributed by atoms with Crippen LogP contribution in [-0.2, 0) is 15.1 Å². The van der Waals surface area contributed by atoms with E-state index in [0.29, 0.717) is 38.5 Å². The number of amides is 2. The van der Waals surface area contributed by atoms with E-state index in [9.17, 15) is 9.59 Å². The highest BCUT2D eigenvalue weighted by Crippen LogP contribution is 2.42. The van der Waals surface area contributed by atoms with Crippen molar-refractivity contribution < 1.29 is 14.3 Å². The fraction of sp³-hybridized carbons (Fsp3) is 0.565. The Labute approximate surface area is 178 Å². The van der Waals surface area contributed by atoms with E-state index in [2.05, 4.69) is 26.8 Å². The molecule has 7 heteroatoms. The van der Waals surface area contributed by atoms with Crippen LogP contribution in [0.25, 0.3) is 0 Å². The Morgan fingerprint density at radius 2 is 1.87 bits per heavy atom. The van der Waals surface area contributed by atoms with E-state index in [0.717, 1.165) is 5.56 Å². The fourth-order valence-electron chi connectivity index (χ4n) is 3.83. The van der Waals surface area contributed by atoms with Crippen LogP contribution >= 0.6 is 0 Å². The van der Waals surface area contributed by atoms with E-state index in [1.807, 2.05) is 51.1 Å². The monoisotopic (exact) mass is 410 g/mol. The standard InChI is InChI=1S/C23H30N4O3/c1-5-6-13-23(26-27-23)14-12-19(28)24-18-15-22(16-18,17-10-8-7-9-11-17)25-20(29)30-21(2,3)4/h1,7-11,18H,6,12-16H2,2-4H3,(H,24,28)(H,25,29). The van der Waals surface area contributed by atoms with E-state index in [4.69, 9.17) is 11.2 Å². The van der Waals surface area contributed by atoms with Gasteiger partial charge in [0.2, 0.25) is 5.91 Å². The van der Waals surface area contributed by atoms with Crippen LogP contribution in [0.15, 0.2) is 40.6 Å². The smallest absolute Gasteiger partial charge is 0.408 e. The molecule has 1 heterocycles. The number of rotatable bonds is 8. The first-order chi connectivity index (χ1) is 14.2. The summed E-state index contributed by atoms with van der Waals surface area (Å²) in [6.45, 7) is 5.50. The number of benzene rings is 1. The molecule has 0 saturated heterocycles. The number of alkyl carbamates (subject to hydrolysis) is 1. The van der Waals surface area contributed by atoms with Crippen molar-refractivity contribution in [2.24, 2.45) is 10.2 Å². The number of carbonyl (C=O) groups excluding carboxylic acids is 2. The highest BCUT2D eigenvalue weighted by Gasteiger charge is 2.48. The third-order valence-electron chi connectivity index (χ3n) is 5.43. The number of ether oxygens (including phenoxy) is 1. The first kappa shape index (κ1) is 21.8. The van der Waals surface area contributed by atoms with Gasteiger partial charge < -0.3 is 15.4 Å². The third kappa shape index (κ3) is 5.59. The number of hydrogen-bond donors (Lipinski definition) is 2. The molecule has 0 spiro atoms. The lowest BCUT2D eigenvalue weighted by atomic mass is 9.68. The van der Waals surface area contributed by atoms with Gasteiger partial charge in [0.1, 0.15) is 5.60 Å². The van der Waals surface area contributed by atoms with Crippen LogP contribution in [0.2, 0.25) is 0 Å². The van der Waals surface area contributed by atoms with E-state index in [-0.39, 0.29) is 11.9 Å². The van der Waals surface area contributed by atoms with Crippen molar-refractivity contribution in [3.63, 3.8) is 0 Å². The van der Waals surface area contributed by atoms with Crippen molar-refractivity contribution in [2.75, 3.05) is 0 Å². The number of nitrogens with zero attached hydrogens (tertiary/aromatic N) is 2. The molecule has 1 aromatic carbocycles. The number of carbonyl (C=O) groups is 2. The van der Waals surface area contributed by atoms with Gasteiger partial charge in [-0.25, -0.2) is 4.79 Å². The van der Waals surface area contributed by atoms with Crippen molar-refractivity contribution >= 4 is 12.0 Å². The van der Waals surface area contributed by atoms with Crippen LogP contribution in [0.1, 0.15) is 64.9 Å². The normalized spacial score (nSPS) is 23.6. The Morgan fingerprint density at radius 3 is 2.43 bits per heavy atom. The molecule has 0 radical (unpaired) electrons. The molecule has 1 aromatic rings. The van der Waals surface area contributed by atoms with Gasteiger partial charge in [0, 0.05) is 31.7 Å². The van der Waals surface area contributed by atoms with Crippen molar-refractivity contribution in [3.05, 3.63) is 35.9 Å². The minimum Gasteiger partial charge on any atom is -0.444 e. The summed E-state index contributed by atoms with van der Waals surface area (Å²) in [5.74, 6) is 2.56.